The number of rotatable bonds is 8. The third-order valence-corrected chi connectivity index (χ3v) is 4.54. The molecule has 0 saturated heterocycles. The first-order valence-corrected chi connectivity index (χ1v) is 8.76. The number of unbranched alkanes of at least 4 members (excludes halogenated alkanes) is 1. The summed E-state index contributed by atoms with van der Waals surface area (Å²) in [6, 6.07) is 5.10. The average Bonchev–Trinajstić information content (AvgIpc) is 2.64. The van der Waals surface area contributed by atoms with Gasteiger partial charge in [-0.1, -0.05) is 50.1 Å². The topological polar surface area (TPSA) is 52.3 Å². The van der Waals surface area contributed by atoms with E-state index in [0.29, 0.717) is 22.6 Å². The molecule has 0 amide bonds. The van der Waals surface area contributed by atoms with E-state index in [4.69, 9.17) is 10.7 Å². The fraction of sp³-hybridized carbons (Fsp3) is 0.381. The maximum atomic E-state index is 14.7. The molecule has 0 aromatic heterocycles. The number of benzene rings is 1. The van der Waals surface area contributed by atoms with E-state index >= 15 is 0 Å². The number of carbonyl (C=O) groups is 1. The van der Waals surface area contributed by atoms with Crippen LogP contribution >= 0.6 is 0 Å². The predicted octanol–water partition coefficient (Wildman–Crippen LogP) is 5.07. The normalized spacial score (nSPS) is 18.6. The first-order valence-electron chi connectivity index (χ1n) is 8.76. The summed E-state index contributed by atoms with van der Waals surface area (Å²) in [5.41, 5.74) is 2.67. The lowest BCUT2D eigenvalue weighted by Crippen LogP contribution is -2.09. The summed E-state index contributed by atoms with van der Waals surface area (Å²) in [5, 5.41) is 0. The van der Waals surface area contributed by atoms with Crippen molar-refractivity contribution in [2.45, 2.75) is 45.7 Å². The predicted molar refractivity (Wildman–Crippen MR) is 99.6 cm³/mol. The lowest BCUT2D eigenvalue weighted by atomic mass is 9.90. The zero-order valence-electron chi connectivity index (χ0n) is 14.9. The number of aryl methyl sites for hydroxylation is 1. The van der Waals surface area contributed by atoms with Crippen LogP contribution < -0.4 is 5.90 Å². The Balaban J connectivity index is 2.13. The molecule has 1 aromatic rings. The number of hydrogen-bond acceptors (Lipinski definition) is 3. The highest BCUT2D eigenvalue weighted by Gasteiger charge is 2.17. The van der Waals surface area contributed by atoms with Gasteiger partial charge >= 0.3 is 0 Å². The summed E-state index contributed by atoms with van der Waals surface area (Å²) < 4.78 is 14.7. The van der Waals surface area contributed by atoms with Crippen LogP contribution in [-0.2, 0) is 4.84 Å². The molecule has 0 spiro atoms. The van der Waals surface area contributed by atoms with Crippen molar-refractivity contribution in [2.75, 3.05) is 0 Å². The maximum absolute atomic E-state index is 14.7. The third-order valence-electron chi connectivity index (χ3n) is 4.54. The van der Waals surface area contributed by atoms with Gasteiger partial charge in [0.1, 0.15) is 12.5 Å². The fourth-order valence-corrected chi connectivity index (χ4v) is 3.02. The van der Waals surface area contributed by atoms with Crippen LogP contribution in [0.15, 0.2) is 48.1 Å². The Morgan fingerprint density at radius 2 is 2.28 bits per heavy atom. The lowest BCUT2D eigenvalue weighted by Gasteiger charge is -2.17. The second-order valence-electron chi connectivity index (χ2n) is 6.44. The summed E-state index contributed by atoms with van der Waals surface area (Å²) in [6.45, 7) is 4.01. The van der Waals surface area contributed by atoms with E-state index < -0.39 is 6.17 Å². The summed E-state index contributed by atoms with van der Waals surface area (Å²) in [7, 11) is 0. The number of hydrogen-bond donors (Lipinski definition) is 1. The Morgan fingerprint density at radius 3 is 2.84 bits per heavy atom. The van der Waals surface area contributed by atoms with Crippen molar-refractivity contribution in [2.24, 2.45) is 11.8 Å². The molecule has 2 N–H and O–H groups in total. The molecule has 134 valence electrons. The van der Waals surface area contributed by atoms with E-state index in [1.165, 1.54) is 18.9 Å². The number of allylic oxidation sites excluding steroid dienone is 5. The van der Waals surface area contributed by atoms with Crippen molar-refractivity contribution in [3.63, 3.8) is 0 Å². The lowest BCUT2D eigenvalue weighted by molar-refractivity contribution is 0.112. The van der Waals surface area contributed by atoms with Crippen LogP contribution in [0.1, 0.15) is 54.1 Å². The molecule has 0 saturated carbocycles. The number of aldehydes is 1. The Kier molecular flexibility index (Phi) is 7.14. The Bertz CT molecular complexity index is 691. The monoisotopic (exact) mass is 343 g/mol. The Morgan fingerprint density at radius 1 is 1.48 bits per heavy atom. The average molecular weight is 343 g/mol. The van der Waals surface area contributed by atoms with Crippen LogP contribution in [0.2, 0.25) is 0 Å². The largest absolute Gasteiger partial charge is 0.411 e. The SMILES string of the molecule is CCCCC1C=CC(C(F)C=C(ON)c2ccc(C=O)cc2C)=CC1. The maximum Gasteiger partial charge on any atom is 0.153 e. The van der Waals surface area contributed by atoms with Gasteiger partial charge in [-0.2, -0.15) is 5.90 Å². The highest BCUT2D eigenvalue weighted by atomic mass is 19.1. The first kappa shape index (κ1) is 19.1. The molecular formula is C21H26FNO2. The molecule has 3 nitrogen and oxygen atoms in total. The van der Waals surface area contributed by atoms with Gasteiger partial charge in [-0.25, -0.2) is 4.39 Å². The Labute approximate surface area is 149 Å². The molecule has 2 atom stereocenters. The van der Waals surface area contributed by atoms with E-state index in [9.17, 15) is 9.18 Å². The number of halogens is 1. The van der Waals surface area contributed by atoms with Crippen LogP contribution in [-0.4, -0.2) is 12.5 Å². The molecule has 0 aliphatic heterocycles. The van der Waals surface area contributed by atoms with Crippen molar-refractivity contribution in [3.8, 4) is 0 Å². The van der Waals surface area contributed by atoms with Crippen LogP contribution in [0.3, 0.4) is 0 Å². The molecule has 0 radical (unpaired) electrons. The molecule has 25 heavy (non-hydrogen) atoms. The molecule has 0 fully saturated rings. The van der Waals surface area contributed by atoms with E-state index in [-0.39, 0.29) is 5.76 Å². The molecule has 4 heteroatoms. The number of nitrogens with two attached hydrogens (primary N) is 1. The Hall–Kier alpha value is -2.20. The summed E-state index contributed by atoms with van der Waals surface area (Å²) >= 11 is 0. The minimum absolute atomic E-state index is 0.268. The zero-order valence-corrected chi connectivity index (χ0v) is 14.9. The molecule has 0 bridgehead atoms. The van der Waals surface area contributed by atoms with Gasteiger partial charge in [0.25, 0.3) is 0 Å². The second kappa shape index (κ2) is 9.33. The summed E-state index contributed by atoms with van der Waals surface area (Å²) in [6.07, 6.45) is 11.2. The summed E-state index contributed by atoms with van der Waals surface area (Å²) in [5.74, 6) is 6.13. The van der Waals surface area contributed by atoms with Gasteiger partial charge in [-0.15, -0.1) is 0 Å². The molecular weight excluding hydrogens is 317 g/mol. The van der Waals surface area contributed by atoms with Gasteiger partial charge < -0.3 is 4.84 Å². The molecule has 2 rings (SSSR count). The van der Waals surface area contributed by atoms with Crippen molar-refractivity contribution in [3.05, 3.63) is 64.8 Å². The standard InChI is InChI=1S/C21H26FNO2/c1-3-4-5-16-6-9-18(10-7-16)20(22)13-21(25-23)19-11-8-17(14-24)12-15(19)2/h6,8-14,16,20H,3-5,7,23H2,1-2H3. The van der Waals surface area contributed by atoms with Gasteiger partial charge in [0.2, 0.25) is 0 Å². The van der Waals surface area contributed by atoms with Crippen LogP contribution in [0.25, 0.3) is 5.76 Å². The van der Waals surface area contributed by atoms with E-state index in [0.717, 1.165) is 24.7 Å². The molecule has 0 heterocycles. The minimum Gasteiger partial charge on any atom is -0.411 e. The highest BCUT2D eigenvalue weighted by Crippen LogP contribution is 2.27. The smallest absolute Gasteiger partial charge is 0.153 e. The first-order chi connectivity index (χ1) is 12.1. The van der Waals surface area contributed by atoms with Crippen molar-refractivity contribution in [1.29, 1.82) is 0 Å². The molecule has 1 aromatic carbocycles. The fourth-order valence-electron chi connectivity index (χ4n) is 3.02. The van der Waals surface area contributed by atoms with E-state index in [2.05, 4.69) is 13.0 Å². The van der Waals surface area contributed by atoms with Gasteiger partial charge in [0.05, 0.1) is 0 Å². The van der Waals surface area contributed by atoms with E-state index in [1.54, 1.807) is 18.2 Å². The number of alkyl halides is 1. The molecule has 1 aliphatic rings. The van der Waals surface area contributed by atoms with Crippen molar-refractivity contribution in [1.82, 2.24) is 0 Å². The third kappa shape index (κ3) is 5.13. The summed E-state index contributed by atoms with van der Waals surface area (Å²) in [4.78, 5) is 15.7. The quantitative estimate of drug-likeness (QED) is 0.407. The molecule has 2 unspecified atom stereocenters. The minimum atomic E-state index is -1.29. The van der Waals surface area contributed by atoms with Crippen LogP contribution in [0, 0.1) is 12.8 Å². The number of carbonyl (C=O) groups excluding carboxylic acids is 1. The van der Waals surface area contributed by atoms with Crippen LogP contribution in [0.4, 0.5) is 4.39 Å². The second-order valence-corrected chi connectivity index (χ2v) is 6.44. The van der Waals surface area contributed by atoms with Gasteiger partial charge in [0, 0.05) is 11.1 Å². The van der Waals surface area contributed by atoms with Crippen molar-refractivity contribution < 1.29 is 14.0 Å². The highest BCUT2D eigenvalue weighted by molar-refractivity contribution is 5.77. The zero-order chi connectivity index (χ0) is 18.2. The molecule has 1 aliphatic carbocycles. The van der Waals surface area contributed by atoms with E-state index in [1.807, 2.05) is 19.1 Å². The van der Waals surface area contributed by atoms with Crippen LogP contribution in [0.5, 0.6) is 0 Å². The van der Waals surface area contributed by atoms with Gasteiger partial charge in [0.15, 0.2) is 5.76 Å². The van der Waals surface area contributed by atoms with Gasteiger partial charge in [-0.05, 0) is 49.0 Å². The van der Waals surface area contributed by atoms with Crippen molar-refractivity contribution >= 4 is 12.0 Å². The van der Waals surface area contributed by atoms with Gasteiger partial charge in [-0.3, -0.25) is 4.79 Å².